The standard InChI is InChI=1S/C21H24BrFN7O7P/c1-9-15-13(11(5-26-9)7-34-10(2)31)6-27-38(33,37-15)35-8-14-16(32)21(22,23)19(36-14)30-4-3-12-17(24)28-20(25)29-18(12)30/h3-5,14,16,19,32H,6-8H2,1-2H3,(H,27,33)(H4,24,25,28,29)/t14-,16?,19-,21-,38?/m1/s1. The molecule has 14 nitrogen and oxygen atoms in total. The molecule has 0 aromatic carbocycles. The number of rotatable bonds is 6. The van der Waals surface area contributed by atoms with Gasteiger partial charge < -0.3 is 35.1 Å². The van der Waals surface area contributed by atoms with Crippen molar-refractivity contribution in [2.75, 3.05) is 18.1 Å². The third-order valence-corrected chi connectivity index (χ3v) is 8.47. The van der Waals surface area contributed by atoms with Gasteiger partial charge in [-0.3, -0.25) is 14.3 Å². The number of carbonyl (C=O) groups excluding carboxylic acids is 1. The lowest BCUT2D eigenvalue weighted by molar-refractivity contribution is -0.142. The molecule has 3 aromatic rings. The molecule has 17 heteroatoms. The van der Waals surface area contributed by atoms with Crippen LogP contribution in [-0.2, 0) is 36.5 Å². The van der Waals surface area contributed by atoms with Crippen molar-refractivity contribution in [1.29, 1.82) is 0 Å². The summed E-state index contributed by atoms with van der Waals surface area (Å²) in [5.74, 6) is -0.263. The Morgan fingerprint density at radius 1 is 1.45 bits per heavy atom. The first-order chi connectivity index (χ1) is 17.9. The number of aliphatic hydroxyl groups excluding tert-OH is 1. The van der Waals surface area contributed by atoms with Crippen LogP contribution in [0.15, 0.2) is 18.5 Å². The predicted molar refractivity (Wildman–Crippen MR) is 135 cm³/mol. The summed E-state index contributed by atoms with van der Waals surface area (Å²) < 4.78 is 49.9. The predicted octanol–water partition coefficient (Wildman–Crippen LogP) is 1.99. The number of aryl methyl sites for hydroxylation is 1. The Bertz CT molecular complexity index is 1470. The van der Waals surface area contributed by atoms with Crippen molar-refractivity contribution in [2.24, 2.45) is 0 Å². The minimum Gasteiger partial charge on any atom is -0.461 e. The molecular weight excluding hydrogens is 592 g/mol. The number of hydrogen-bond donors (Lipinski definition) is 4. The highest BCUT2D eigenvalue weighted by Gasteiger charge is 2.57. The molecule has 2 aliphatic heterocycles. The first-order valence-electron chi connectivity index (χ1n) is 11.3. The Labute approximate surface area is 223 Å². The lowest BCUT2D eigenvalue weighted by atomic mass is 10.1. The van der Waals surface area contributed by atoms with Gasteiger partial charge in [0.05, 0.1) is 17.7 Å². The summed E-state index contributed by atoms with van der Waals surface area (Å²) in [4.78, 5) is 23.4. The zero-order valence-electron chi connectivity index (χ0n) is 20.1. The molecule has 3 aromatic heterocycles. The maximum absolute atomic E-state index is 15.7. The summed E-state index contributed by atoms with van der Waals surface area (Å²) in [5, 5.41) is 13.8. The molecular formula is C21H24BrFN7O7P. The van der Waals surface area contributed by atoms with E-state index in [1.165, 1.54) is 23.9 Å². The van der Waals surface area contributed by atoms with Gasteiger partial charge in [0, 0.05) is 37.0 Å². The Balaban J connectivity index is 1.33. The summed E-state index contributed by atoms with van der Waals surface area (Å²) in [5.41, 5.74) is 13.4. The number of ether oxygens (including phenoxy) is 2. The van der Waals surface area contributed by atoms with Gasteiger partial charge in [0.25, 0.3) is 0 Å². The number of aliphatic hydroxyl groups is 1. The molecule has 5 heterocycles. The van der Waals surface area contributed by atoms with E-state index >= 15 is 4.39 Å². The number of anilines is 2. The van der Waals surface area contributed by atoms with Gasteiger partial charge in [-0.1, -0.05) is 0 Å². The van der Waals surface area contributed by atoms with Crippen LogP contribution < -0.4 is 21.1 Å². The summed E-state index contributed by atoms with van der Waals surface area (Å²) >= 11 is 2.92. The van der Waals surface area contributed by atoms with Crippen molar-refractivity contribution in [2.45, 2.75) is 50.0 Å². The van der Waals surface area contributed by atoms with Crippen LogP contribution in [0.4, 0.5) is 16.2 Å². The number of alkyl halides is 2. The average Bonchev–Trinajstić information content (AvgIpc) is 3.36. The summed E-state index contributed by atoms with van der Waals surface area (Å²) in [7, 11) is -3.97. The van der Waals surface area contributed by atoms with E-state index in [0.717, 1.165) is 0 Å². The largest absolute Gasteiger partial charge is 0.461 e. The van der Waals surface area contributed by atoms with Crippen LogP contribution in [0.2, 0.25) is 0 Å². The van der Waals surface area contributed by atoms with Crippen LogP contribution in [-0.4, -0.2) is 54.0 Å². The van der Waals surface area contributed by atoms with E-state index in [1.807, 2.05) is 0 Å². The van der Waals surface area contributed by atoms with Gasteiger partial charge in [0.15, 0.2) is 12.0 Å². The third kappa shape index (κ3) is 4.72. The van der Waals surface area contributed by atoms with Crippen LogP contribution in [0.25, 0.3) is 11.0 Å². The molecule has 0 aliphatic carbocycles. The van der Waals surface area contributed by atoms with Crippen LogP contribution in [0.3, 0.4) is 0 Å². The number of nitrogens with two attached hydrogens (primary N) is 2. The molecule has 5 rings (SSSR count). The number of nitrogen functional groups attached to an aromatic ring is 2. The molecule has 0 amide bonds. The second-order valence-electron chi connectivity index (χ2n) is 8.75. The van der Waals surface area contributed by atoms with Crippen LogP contribution in [0, 0.1) is 6.92 Å². The molecule has 38 heavy (non-hydrogen) atoms. The van der Waals surface area contributed by atoms with Crippen molar-refractivity contribution in [3.63, 3.8) is 0 Å². The average molecular weight is 616 g/mol. The number of nitrogens with zero attached hydrogens (tertiary/aromatic N) is 4. The van der Waals surface area contributed by atoms with Crippen molar-refractivity contribution < 1.29 is 37.4 Å². The van der Waals surface area contributed by atoms with E-state index in [4.69, 9.17) is 30.0 Å². The molecule has 2 aliphatic rings. The second kappa shape index (κ2) is 9.70. The molecule has 0 bridgehead atoms. The summed E-state index contributed by atoms with van der Waals surface area (Å²) in [6.07, 6.45) is -1.39. The van der Waals surface area contributed by atoms with Gasteiger partial charge in [-0.05, 0) is 28.9 Å². The second-order valence-corrected chi connectivity index (χ2v) is 11.7. The van der Waals surface area contributed by atoms with Crippen molar-refractivity contribution in [3.8, 4) is 5.75 Å². The summed E-state index contributed by atoms with van der Waals surface area (Å²) in [6.45, 7) is 2.47. The molecule has 0 radical (unpaired) electrons. The monoisotopic (exact) mass is 615 g/mol. The Morgan fingerprint density at radius 3 is 2.95 bits per heavy atom. The first-order valence-corrected chi connectivity index (χ1v) is 13.6. The van der Waals surface area contributed by atoms with E-state index in [9.17, 15) is 14.5 Å². The van der Waals surface area contributed by atoms with E-state index in [0.29, 0.717) is 22.2 Å². The number of carbonyl (C=O) groups is 1. The smallest absolute Gasteiger partial charge is 0.459 e. The molecule has 5 atom stereocenters. The van der Waals surface area contributed by atoms with Crippen molar-refractivity contribution in [1.82, 2.24) is 24.6 Å². The SMILES string of the molecule is CC(=O)OCc1cnc(C)c2c1CNP(=O)(OC[C@H]1O[C@@H](n3ccc4c(N)nc(N)nc43)[C@@](F)(Br)C1O)O2. The van der Waals surface area contributed by atoms with Crippen molar-refractivity contribution in [3.05, 3.63) is 35.3 Å². The fourth-order valence-corrected chi connectivity index (χ4v) is 6.24. The maximum Gasteiger partial charge on any atom is 0.459 e. The zero-order chi connectivity index (χ0) is 27.4. The lowest BCUT2D eigenvalue weighted by Gasteiger charge is -2.29. The summed E-state index contributed by atoms with van der Waals surface area (Å²) in [6, 6.07) is 1.56. The molecule has 6 N–H and O–H groups in total. The van der Waals surface area contributed by atoms with Gasteiger partial charge in [-0.2, -0.15) is 9.97 Å². The highest BCUT2D eigenvalue weighted by atomic mass is 79.9. The van der Waals surface area contributed by atoms with Crippen molar-refractivity contribution >= 4 is 52.4 Å². The molecule has 1 saturated heterocycles. The zero-order valence-corrected chi connectivity index (χ0v) is 22.6. The lowest BCUT2D eigenvalue weighted by Crippen LogP contribution is -2.38. The minimum atomic E-state index is -3.97. The Kier molecular flexibility index (Phi) is 6.82. The normalized spacial score (nSPS) is 28.7. The Morgan fingerprint density at radius 2 is 2.21 bits per heavy atom. The van der Waals surface area contributed by atoms with E-state index < -0.39 is 43.3 Å². The number of nitrogens with one attached hydrogen (secondary N) is 1. The molecule has 0 spiro atoms. The molecule has 2 unspecified atom stereocenters. The topological polar surface area (TPSA) is 199 Å². The fourth-order valence-electron chi connectivity index (χ4n) is 4.24. The van der Waals surface area contributed by atoms with Crippen LogP contribution in [0.1, 0.15) is 30.0 Å². The number of hydrogen-bond acceptors (Lipinski definition) is 12. The quantitative estimate of drug-likeness (QED) is 0.178. The molecule has 0 saturated carbocycles. The van der Waals surface area contributed by atoms with E-state index in [-0.39, 0.29) is 36.3 Å². The van der Waals surface area contributed by atoms with Gasteiger partial charge in [0.2, 0.25) is 10.5 Å². The van der Waals surface area contributed by atoms with Crippen LogP contribution in [0.5, 0.6) is 5.75 Å². The molecule has 204 valence electrons. The third-order valence-electron chi connectivity index (χ3n) is 6.16. The van der Waals surface area contributed by atoms with Gasteiger partial charge in [-0.15, -0.1) is 0 Å². The van der Waals surface area contributed by atoms with Gasteiger partial charge in [-0.25, -0.2) is 14.0 Å². The number of aromatic nitrogens is 4. The van der Waals surface area contributed by atoms with Gasteiger partial charge in [0.1, 0.15) is 30.3 Å². The van der Waals surface area contributed by atoms with Gasteiger partial charge >= 0.3 is 13.7 Å². The van der Waals surface area contributed by atoms with E-state index in [1.54, 1.807) is 13.0 Å². The first kappa shape index (κ1) is 26.7. The van der Waals surface area contributed by atoms with Crippen LogP contribution >= 0.6 is 23.7 Å². The minimum absolute atomic E-state index is 0.0369. The molecule has 1 fully saturated rings. The number of esters is 1. The fraction of sp³-hybridized carbons (Fsp3) is 0.429. The van der Waals surface area contributed by atoms with E-state index in [2.05, 4.69) is 36.0 Å². The number of halogens is 2. The number of fused-ring (bicyclic) bond motifs is 2. The highest BCUT2D eigenvalue weighted by molar-refractivity contribution is 9.10. The maximum atomic E-state index is 15.7. The highest BCUT2D eigenvalue weighted by Crippen LogP contribution is 2.52. The Hall–Kier alpha value is -2.88. The number of pyridine rings is 1.